The van der Waals surface area contributed by atoms with Gasteiger partial charge in [0.15, 0.2) is 0 Å². The van der Waals surface area contributed by atoms with Gasteiger partial charge in [-0.1, -0.05) is 0 Å². The van der Waals surface area contributed by atoms with E-state index in [1.54, 1.807) is 6.92 Å². The first kappa shape index (κ1) is 12.0. The molecule has 2 rings (SSSR count). The number of hydrogen-bond acceptors (Lipinski definition) is 2. The minimum absolute atomic E-state index is 0.00518. The molecule has 90 valence electrons. The van der Waals surface area contributed by atoms with E-state index in [0.29, 0.717) is 12.5 Å². The Hall–Kier alpha value is -0.480. The van der Waals surface area contributed by atoms with Crippen LogP contribution in [0.5, 0.6) is 0 Å². The van der Waals surface area contributed by atoms with E-state index in [0.717, 1.165) is 12.8 Å². The van der Waals surface area contributed by atoms with Gasteiger partial charge in [0, 0.05) is 6.04 Å². The first-order valence-electron chi connectivity index (χ1n) is 5.31. The van der Waals surface area contributed by atoms with Crippen molar-refractivity contribution < 1.29 is 9.59 Å². The first-order valence-corrected chi connectivity index (χ1v) is 6.06. The molecule has 0 aromatic carbocycles. The zero-order valence-corrected chi connectivity index (χ0v) is 10.5. The van der Waals surface area contributed by atoms with Gasteiger partial charge in [0.05, 0.1) is 12.0 Å². The summed E-state index contributed by atoms with van der Waals surface area (Å²) in [6.07, 6.45) is 2.49. The molecule has 4 nitrogen and oxygen atoms in total. The van der Waals surface area contributed by atoms with Gasteiger partial charge in [-0.05, 0) is 26.2 Å². The Balaban J connectivity index is 1.73. The maximum atomic E-state index is 11.7. The van der Waals surface area contributed by atoms with Gasteiger partial charge in [0.2, 0.25) is 11.8 Å². The smallest absolute Gasteiger partial charge is 0.239 e. The molecule has 2 fully saturated rings. The highest BCUT2D eigenvalue weighted by Crippen LogP contribution is 2.63. The second-order valence-corrected chi connectivity index (χ2v) is 6.22. The quantitative estimate of drug-likeness (QED) is 0.744. The van der Waals surface area contributed by atoms with Gasteiger partial charge >= 0.3 is 0 Å². The Morgan fingerprint density at radius 1 is 1.38 bits per heavy atom. The van der Waals surface area contributed by atoms with Crippen LogP contribution in [0, 0.1) is 5.41 Å². The van der Waals surface area contributed by atoms with E-state index in [1.165, 1.54) is 0 Å². The van der Waals surface area contributed by atoms with Crippen molar-refractivity contribution in [2.24, 2.45) is 5.41 Å². The summed E-state index contributed by atoms with van der Waals surface area (Å²) in [5.74, 6) is -0.418. The van der Waals surface area contributed by atoms with Crippen LogP contribution in [-0.2, 0) is 9.59 Å². The number of carbonyl (C=O) groups excluding carboxylic acids is 2. The maximum absolute atomic E-state index is 11.7. The molecule has 16 heavy (non-hydrogen) atoms. The molecule has 2 saturated carbocycles. The number of amides is 2. The minimum Gasteiger partial charge on any atom is -0.352 e. The van der Waals surface area contributed by atoms with Gasteiger partial charge in [-0.2, -0.15) is 0 Å². The summed E-state index contributed by atoms with van der Waals surface area (Å²) in [5.41, 5.74) is -0.754. The second-order valence-electron chi connectivity index (χ2n) is 4.74. The third-order valence-electron chi connectivity index (χ3n) is 3.11. The van der Waals surface area contributed by atoms with Crippen molar-refractivity contribution in [2.75, 3.05) is 6.54 Å². The van der Waals surface area contributed by atoms with Crippen LogP contribution in [0.3, 0.4) is 0 Å². The normalized spacial score (nSPS) is 30.7. The van der Waals surface area contributed by atoms with E-state index < -0.39 is 9.75 Å². The molecule has 0 aromatic heterocycles. The van der Waals surface area contributed by atoms with E-state index >= 15 is 0 Å². The molecule has 0 spiro atoms. The van der Waals surface area contributed by atoms with Crippen molar-refractivity contribution >= 4 is 35.0 Å². The fourth-order valence-electron chi connectivity index (χ4n) is 1.51. The fraction of sp³-hybridized carbons (Fsp3) is 0.800. The number of carbonyl (C=O) groups is 2. The first-order chi connectivity index (χ1) is 7.35. The van der Waals surface area contributed by atoms with Crippen LogP contribution in [-0.4, -0.2) is 28.7 Å². The Bertz CT molecular complexity index is 342. The molecule has 0 radical (unpaired) electrons. The molecule has 0 aromatic rings. The second kappa shape index (κ2) is 3.77. The largest absolute Gasteiger partial charge is 0.352 e. The van der Waals surface area contributed by atoms with Gasteiger partial charge in [-0.15, -0.1) is 23.2 Å². The van der Waals surface area contributed by atoms with E-state index in [-0.39, 0.29) is 18.4 Å². The minimum atomic E-state index is -0.982. The van der Waals surface area contributed by atoms with Crippen LogP contribution in [0.25, 0.3) is 0 Å². The third-order valence-corrected chi connectivity index (χ3v) is 4.21. The summed E-state index contributed by atoms with van der Waals surface area (Å²) in [5, 5.41) is 5.34. The van der Waals surface area contributed by atoms with E-state index in [4.69, 9.17) is 23.2 Å². The van der Waals surface area contributed by atoms with E-state index in [9.17, 15) is 9.59 Å². The monoisotopic (exact) mass is 264 g/mol. The van der Waals surface area contributed by atoms with Crippen LogP contribution >= 0.6 is 23.2 Å². The predicted octanol–water partition coefficient (Wildman–Crippen LogP) is 0.965. The van der Waals surface area contributed by atoms with Crippen molar-refractivity contribution in [3.63, 3.8) is 0 Å². The number of rotatable bonds is 4. The molecular weight excluding hydrogens is 251 g/mol. The molecule has 2 amide bonds. The van der Waals surface area contributed by atoms with Gasteiger partial charge in [0.25, 0.3) is 0 Å². The average Bonchev–Trinajstić information content (AvgIpc) is 3.04. The van der Waals surface area contributed by atoms with Crippen LogP contribution in [0.1, 0.15) is 26.2 Å². The molecule has 1 atom stereocenters. The highest BCUT2D eigenvalue weighted by molar-refractivity contribution is 6.53. The summed E-state index contributed by atoms with van der Waals surface area (Å²) in [6, 6.07) is 0.307. The summed E-state index contributed by atoms with van der Waals surface area (Å²) in [7, 11) is 0. The van der Waals surface area contributed by atoms with Crippen LogP contribution < -0.4 is 10.6 Å². The van der Waals surface area contributed by atoms with Gasteiger partial charge in [-0.3, -0.25) is 9.59 Å². The lowest BCUT2D eigenvalue weighted by Crippen LogP contribution is -2.41. The molecule has 2 aliphatic carbocycles. The zero-order chi connectivity index (χ0) is 12.0. The standard InChI is InChI=1S/C10H14Cl2N2O2/c1-9(5-10(9,11)12)8(16)13-4-7(15)14-6-2-3-6/h6H,2-5H2,1H3,(H,13,16)(H,14,15)/t9-/m0/s1. The van der Waals surface area contributed by atoms with E-state index in [1.807, 2.05) is 0 Å². The Kier molecular flexibility index (Phi) is 2.83. The molecule has 0 unspecified atom stereocenters. The lowest BCUT2D eigenvalue weighted by molar-refractivity contribution is -0.129. The van der Waals surface area contributed by atoms with Crippen molar-refractivity contribution in [1.82, 2.24) is 10.6 Å². The molecule has 0 aliphatic heterocycles. The number of hydrogen-bond donors (Lipinski definition) is 2. The van der Waals surface area contributed by atoms with Crippen LogP contribution in [0.2, 0.25) is 0 Å². The van der Waals surface area contributed by atoms with Gasteiger partial charge in [-0.25, -0.2) is 0 Å². The summed E-state index contributed by atoms with van der Waals surface area (Å²) < 4.78 is -0.982. The third kappa shape index (κ3) is 2.28. The molecular formula is C10H14Cl2N2O2. The summed E-state index contributed by atoms with van der Waals surface area (Å²) >= 11 is 11.7. The Morgan fingerprint density at radius 2 is 1.94 bits per heavy atom. The van der Waals surface area contributed by atoms with Gasteiger partial charge < -0.3 is 10.6 Å². The average molecular weight is 265 g/mol. The maximum Gasteiger partial charge on any atom is 0.239 e. The number of halogens is 2. The van der Waals surface area contributed by atoms with Crippen molar-refractivity contribution in [3.8, 4) is 0 Å². The SMILES string of the molecule is C[C@@]1(C(=O)NCC(=O)NC2CC2)CC1(Cl)Cl. The lowest BCUT2D eigenvalue weighted by atomic mass is 10.1. The Morgan fingerprint density at radius 3 is 2.38 bits per heavy atom. The molecule has 0 heterocycles. The topological polar surface area (TPSA) is 58.2 Å². The molecule has 0 bridgehead atoms. The number of alkyl halides is 2. The van der Waals surface area contributed by atoms with Crippen molar-refractivity contribution in [1.29, 1.82) is 0 Å². The Labute approximate surface area is 104 Å². The highest BCUT2D eigenvalue weighted by Gasteiger charge is 2.67. The molecule has 0 saturated heterocycles. The summed E-state index contributed by atoms with van der Waals surface area (Å²) in [6.45, 7) is 1.69. The zero-order valence-electron chi connectivity index (χ0n) is 8.98. The highest BCUT2D eigenvalue weighted by atomic mass is 35.5. The fourth-order valence-corrected chi connectivity index (χ4v) is 2.21. The van der Waals surface area contributed by atoms with Gasteiger partial charge in [0.1, 0.15) is 4.33 Å². The molecule has 2 aliphatic rings. The number of nitrogens with one attached hydrogen (secondary N) is 2. The van der Waals surface area contributed by atoms with E-state index in [2.05, 4.69) is 10.6 Å². The van der Waals surface area contributed by atoms with Crippen LogP contribution in [0.4, 0.5) is 0 Å². The summed E-state index contributed by atoms with van der Waals surface area (Å²) in [4.78, 5) is 23.0. The molecule has 2 N–H and O–H groups in total. The van der Waals surface area contributed by atoms with Crippen molar-refractivity contribution in [3.05, 3.63) is 0 Å². The molecule has 6 heteroatoms. The van der Waals surface area contributed by atoms with Crippen LogP contribution in [0.15, 0.2) is 0 Å². The predicted molar refractivity (Wildman–Crippen MR) is 61.3 cm³/mol. The lowest BCUT2D eigenvalue weighted by Gasteiger charge is -2.12. The van der Waals surface area contributed by atoms with Crippen molar-refractivity contribution in [2.45, 2.75) is 36.6 Å².